The van der Waals surface area contributed by atoms with Crippen LogP contribution >= 0.6 is 7.53 Å². The third-order valence-electron chi connectivity index (χ3n) is 5.18. The molecule has 0 saturated carbocycles. The van der Waals surface area contributed by atoms with Crippen LogP contribution in [0.5, 0.6) is 0 Å². The minimum atomic E-state index is -0.232. The molecule has 122 valence electrons. The van der Waals surface area contributed by atoms with Gasteiger partial charge >= 0.3 is 0 Å². The Kier molecular flexibility index (Phi) is 4.56. The van der Waals surface area contributed by atoms with Crippen LogP contribution in [0.4, 0.5) is 0 Å². The molecule has 1 heteroatoms. The molecule has 0 bridgehead atoms. The number of benzene rings is 2. The fourth-order valence-corrected chi connectivity index (χ4v) is 7.21. The maximum Gasteiger partial charge on any atom is 0.00638 e. The van der Waals surface area contributed by atoms with Crippen molar-refractivity contribution < 1.29 is 0 Å². The summed E-state index contributed by atoms with van der Waals surface area (Å²) in [7, 11) is -0.232. The van der Waals surface area contributed by atoms with E-state index < -0.39 is 0 Å². The van der Waals surface area contributed by atoms with Crippen molar-refractivity contribution in [3.8, 4) is 0 Å². The molecule has 0 saturated heterocycles. The summed E-state index contributed by atoms with van der Waals surface area (Å²) in [5, 5.41) is 6.30. The molecule has 0 nitrogen and oxygen atoms in total. The zero-order valence-electron chi connectivity index (χ0n) is 15.4. The van der Waals surface area contributed by atoms with Crippen molar-refractivity contribution in [2.24, 2.45) is 0 Å². The molecule has 1 heterocycles. The van der Waals surface area contributed by atoms with Crippen LogP contribution in [0.1, 0.15) is 76.6 Å². The van der Waals surface area contributed by atoms with Crippen LogP contribution in [-0.4, -0.2) is 0 Å². The van der Waals surface area contributed by atoms with Gasteiger partial charge in [-0.1, -0.05) is 77.9 Å². The summed E-state index contributed by atoms with van der Waals surface area (Å²) < 4.78 is 0. The van der Waals surface area contributed by atoms with E-state index >= 15 is 0 Å². The summed E-state index contributed by atoms with van der Waals surface area (Å²) in [6, 6.07) is 13.9. The second kappa shape index (κ2) is 6.33. The quantitative estimate of drug-likeness (QED) is 0.453. The highest BCUT2D eigenvalue weighted by Crippen LogP contribution is 2.58. The fourth-order valence-electron chi connectivity index (χ4n) is 3.88. The summed E-state index contributed by atoms with van der Waals surface area (Å²) in [4.78, 5) is 0. The molecule has 0 amide bonds. The molecule has 0 aliphatic carbocycles. The Morgan fingerprint density at radius 3 is 2.13 bits per heavy atom. The highest BCUT2D eigenvalue weighted by Gasteiger charge is 2.22. The van der Waals surface area contributed by atoms with Crippen LogP contribution in [-0.2, 0) is 0 Å². The topological polar surface area (TPSA) is 0 Å². The Bertz CT molecular complexity index is 836. The second-order valence-corrected chi connectivity index (χ2v) is 9.97. The van der Waals surface area contributed by atoms with Crippen molar-refractivity contribution >= 4 is 28.5 Å². The number of hydrogen-bond donors (Lipinski definition) is 0. The van der Waals surface area contributed by atoms with Gasteiger partial charge in [0.2, 0.25) is 0 Å². The SMILES string of the molecule is CCC(C)p1c2ccccc2c2ccc(C(C)C)c(C(C)C)c21. The Hall–Kier alpha value is -1.26. The Morgan fingerprint density at radius 1 is 0.826 bits per heavy atom. The Balaban J connectivity index is 2.55. The number of hydrogen-bond acceptors (Lipinski definition) is 0. The molecule has 0 aliphatic heterocycles. The van der Waals surface area contributed by atoms with E-state index in [0.29, 0.717) is 11.8 Å². The van der Waals surface area contributed by atoms with Gasteiger partial charge in [0.05, 0.1) is 0 Å². The maximum atomic E-state index is 2.45. The van der Waals surface area contributed by atoms with Gasteiger partial charge in [-0.25, -0.2) is 0 Å². The van der Waals surface area contributed by atoms with Gasteiger partial charge in [0, 0.05) is 10.2 Å². The fraction of sp³-hybridized carbons (Fsp3) is 0.455. The van der Waals surface area contributed by atoms with Crippen molar-refractivity contribution in [1.29, 1.82) is 0 Å². The van der Waals surface area contributed by atoms with E-state index in [4.69, 9.17) is 0 Å². The normalized spacial score (nSPS) is 14.3. The van der Waals surface area contributed by atoms with E-state index in [2.05, 4.69) is 77.9 Å². The van der Waals surface area contributed by atoms with Crippen LogP contribution in [0.3, 0.4) is 0 Å². The van der Waals surface area contributed by atoms with Gasteiger partial charge < -0.3 is 0 Å². The lowest BCUT2D eigenvalue weighted by Gasteiger charge is -2.20. The predicted molar refractivity (Wildman–Crippen MR) is 107 cm³/mol. The van der Waals surface area contributed by atoms with Crippen molar-refractivity contribution in [1.82, 2.24) is 0 Å². The molecular formula is C22H29P. The van der Waals surface area contributed by atoms with Gasteiger partial charge in [-0.05, 0) is 45.8 Å². The van der Waals surface area contributed by atoms with E-state index in [-0.39, 0.29) is 7.53 Å². The molecule has 23 heavy (non-hydrogen) atoms. The molecule has 0 N–H and O–H groups in total. The van der Waals surface area contributed by atoms with Gasteiger partial charge in [0.25, 0.3) is 0 Å². The largest absolute Gasteiger partial charge is 0.106 e. The summed E-state index contributed by atoms with van der Waals surface area (Å²) in [6.45, 7) is 14.2. The van der Waals surface area contributed by atoms with E-state index in [0.717, 1.165) is 5.66 Å². The molecule has 2 atom stereocenters. The predicted octanol–water partition coefficient (Wildman–Crippen LogP) is 8.20. The van der Waals surface area contributed by atoms with Crippen molar-refractivity contribution in [3.05, 3.63) is 47.5 Å². The Morgan fingerprint density at radius 2 is 1.52 bits per heavy atom. The lowest BCUT2D eigenvalue weighted by molar-refractivity contribution is 0.798. The molecule has 0 spiro atoms. The van der Waals surface area contributed by atoms with E-state index in [1.807, 2.05) is 0 Å². The third kappa shape index (κ3) is 2.62. The zero-order chi connectivity index (χ0) is 16.7. The maximum absolute atomic E-state index is 2.45. The molecule has 2 aromatic carbocycles. The summed E-state index contributed by atoms with van der Waals surface area (Å²) in [6.07, 6.45) is 1.25. The van der Waals surface area contributed by atoms with Crippen molar-refractivity contribution in [3.63, 3.8) is 0 Å². The van der Waals surface area contributed by atoms with E-state index in [1.165, 1.54) is 17.2 Å². The lowest BCUT2D eigenvalue weighted by Crippen LogP contribution is -1.99. The van der Waals surface area contributed by atoms with Crippen molar-refractivity contribution in [2.45, 2.75) is 65.5 Å². The first-order chi connectivity index (χ1) is 11.0. The minimum Gasteiger partial charge on any atom is -0.106 e. The molecule has 0 aliphatic rings. The molecule has 3 rings (SSSR count). The van der Waals surface area contributed by atoms with Crippen LogP contribution in [0.15, 0.2) is 36.4 Å². The highest BCUT2D eigenvalue weighted by atomic mass is 31.1. The third-order valence-corrected chi connectivity index (χ3v) is 8.30. The zero-order valence-corrected chi connectivity index (χ0v) is 16.2. The van der Waals surface area contributed by atoms with Crippen LogP contribution in [0.2, 0.25) is 0 Å². The van der Waals surface area contributed by atoms with Gasteiger partial charge in [-0.3, -0.25) is 0 Å². The first-order valence-electron chi connectivity index (χ1n) is 9.02. The van der Waals surface area contributed by atoms with Crippen LogP contribution in [0, 0.1) is 0 Å². The van der Waals surface area contributed by atoms with Gasteiger partial charge in [-0.2, -0.15) is 0 Å². The van der Waals surface area contributed by atoms with Crippen LogP contribution < -0.4 is 0 Å². The average Bonchev–Trinajstić information content (AvgIpc) is 2.87. The second-order valence-electron chi connectivity index (χ2n) is 7.42. The number of fused-ring (bicyclic) bond motifs is 3. The molecule has 1 aromatic heterocycles. The molecule has 0 fully saturated rings. The van der Waals surface area contributed by atoms with Gasteiger partial charge in [-0.15, -0.1) is 7.53 Å². The van der Waals surface area contributed by atoms with Gasteiger partial charge in [0.1, 0.15) is 0 Å². The summed E-state index contributed by atoms with van der Waals surface area (Å²) in [5.41, 5.74) is 3.94. The van der Waals surface area contributed by atoms with Crippen LogP contribution in [0.25, 0.3) is 21.0 Å². The molecule has 2 unspecified atom stereocenters. The Labute approximate surface area is 142 Å². The average molecular weight is 324 g/mol. The molecule has 3 aromatic rings. The monoisotopic (exact) mass is 324 g/mol. The molecule has 0 radical (unpaired) electrons. The van der Waals surface area contributed by atoms with Gasteiger partial charge in [0.15, 0.2) is 0 Å². The highest BCUT2D eigenvalue weighted by molar-refractivity contribution is 7.61. The smallest absolute Gasteiger partial charge is 0.00638 e. The first-order valence-corrected chi connectivity index (χ1v) is 10.4. The number of rotatable bonds is 4. The molecular weight excluding hydrogens is 295 g/mol. The van der Waals surface area contributed by atoms with Crippen molar-refractivity contribution in [2.75, 3.05) is 0 Å². The van der Waals surface area contributed by atoms with E-state index in [1.54, 1.807) is 21.4 Å². The first kappa shape index (κ1) is 16.6. The standard InChI is InChI=1S/C22H29P/c1-7-16(6)23-20-11-9-8-10-18(20)19-13-12-17(14(2)3)21(15(4)5)22(19)23/h8-16H,7H2,1-6H3. The minimum absolute atomic E-state index is 0.232. The van der Waals surface area contributed by atoms with E-state index in [9.17, 15) is 0 Å². The summed E-state index contributed by atoms with van der Waals surface area (Å²) >= 11 is 0. The lowest BCUT2D eigenvalue weighted by atomic mass is 9.89. The summed E-state index contributed by atoms with van der Waals surface area (Å²) in [5.74, 6) is 1.18.